The van der Waals surface area contributed by atoms with Crippen LogP contribution >= 0.6 is 15.9 Å². The largest absolute Gasteiger partial charge is 0.573 e. The first kappa shape index (κ1) is 17.9. The molecule has 0 fully saturated rings. The maximum absolute atomic E-state index is 12.0. The predicted molar refractivity (Wildman–Crippen MR) is 78.4 cm³/mol. The lowest BCUT2D eigenvalue weighted by molar-refractivity contribution is -0.274. The highest BCUT2D eigenvalue weighted by Gasteiger charge is 2.30. The van der Waals surface area contributed by atoms with Crippen LogP contribution < -0.4 is 10.1 Å². The topological polar surface area (TPSA) is 77.8 Å². The number of alkyl halides is 3. The molecule has 0 saturated heterocycles. The van der Waals surface area contributed by atoms with E-state index in [0.29, 0.717) is 4.67 Å². The van der Waals surface area contributed by atoms with Crippen LogP contribution in [0.1, 0.15) is 10.6 Å². The Hall–Kier alpha value is -2.49. The van der Waals surface area contributed by atoms with Gasteiger partial charge in [-0.3, -0.25) is 4.79 Å². The van der Waals surface area contributed by atoms with Crippen molar-refractivity contribution in [2.75, 3.05) is 11.9 Å². The normalized spacial score (nSPS) is 11.0. The summed E-state index contributed by atoms with van der Waals surface area (Å²) in [6.45, 7) is -0.585. The minimum atomic E-state index is -4.79. The summed E-state index contributed by atoms with van der Waals surface area (Å²) < 4.78 is 49.8. The number of carbonyl (C=O) groups is 2. The number of hydrogen-bond donors (Lipinski definition) is 1. The number of ether oxygens (including phenoxy) is 2. The number of hydrogen-bond acceptors (Lipinski definition) is 5. The third kappa shape index (κ3) is 5.61. The standard InChI is InChI=1S/C14H9BrF3NO5/c15-11-6-5-10(23-11)13(21)22-7-12(20)19-8-1-3-9(4-2-8)24-14(16,17)18/h1-6H,7H2,(H,19,20). The van der Waals surface area contributed by atoms with Gasteiger partial charge in [0.1, 0.15) is 5.75 Å². The van der Waals surface area contributed by atoms with Crippen LogP contribution in [0.2, 0.25) is 0 Å². The highest BCUT2D eigenvalue weighted by molar-refractivity contribution is 9.10. The first-order chi connectivity index (χ1) is 11.2. The molecule has 1 aromatic heterocycles. The van der Waals surface area contributed by atoms with Gasteiger partial charge in [0.05, 0.1) is 0 Å². The van der Waals surface area contributed by atoms with Gasteiger partial charge in [0.2, 0.25) is 5.76 Å². The molecule has 128 valence electrons. The van der Waals surface area contributed by atoms with Crippen LogP contribution in [0.3, 0.4) is 0 Å². The summed E-state index contributed by atoms with van der Waals surface area (Å²) in [6.07, 6.45) is -4.79. The third-order valence-electron chi connectivity index (χ3n) is 2.48. The van der Waals surface area contributed by atoms with E-state index in [0.717, 1.165) is 12.1 Å². The maximum Gasteiger partial charge on any atom is 0.573 e. The van der Waals surface area contributed by atoms with E-state index in [2.05, 4.69) is 26.0 Å². The van der Waals surface area contributed by atoms with E-state index >= 15 is 0 Å². The van der Waals surface area contributed by atoms with Crippen molar-refractivity contribution >= 4 is 33.5 Å². The molecule has 0 aliphatic carbocycles. The van der Waals surface area contributed by atoms with Crippen LogP contribution in [0.25, 0.3) is 0 Å². The van der Waals surface area contributed by atoms with Gasteiger partial charge in [-0.25, -0.2) is 4.79 Å². The molecular formula is C14H9BrF3NO5. The summed E-state index contributed by atoms with van der Waals surface area (Å²) >= 11 is 3.01. The van der Waals surface area contributed by atoms with Crippen LogP contribution in [0, 0.1) is 0 Å². The van der Waals surface area contributed by atoms with E-state index < -0.39 is 30.6 Å². The molecule has 0 spiro atoms. The Balaban J connectivity index is 1.83. The summed E-state index contributed by atoms with van der Waals surface area (Å²) in [4.78, 5) is 23.2. The van der Waals surface area contributed by atoms with Crippen molar-refractivity contribution in [2.45, 2.75) is 6.36 Å². The molecule has 1 amide bonds. The molecule has 1 heterocycles. The minimum Gasteiger partial charge on any atom is -0.450 e. The molecule has 1 N–H and O–H groups in total. The lowest BCUT2D eigenvalue weighted by Gasteiger charge is -2.10. The molecule has 0 unspecified atom stereocenters. The lowest BCUT2D eigenvalue weighted by Crippen LogP contribution is -2.21. The van der Waals surface area contributed by atoms with E-state index in [9.17, 15) is 22.8 Å². The number of esters is 1. The van der Waals surface area contributed by atoms with E-state index in [1.54, 1.807) is 0 Å². The van der Waals surface area contributed by atoms with Gasteiger partial charge in [-0.15, -0.1) is 13.2 Å². The fourth-order valence-corrected chi connectivity index (χ4v) is 1.87. The van der Waals surface area contributed by atoms with Crippen molar-refractivity contribution in [3.05, 3.63) is 46.8 Å². The summed E-state index contributed by atoms with van der Waals surface area (Å²) in [5, 5.41) is 2.35. The van der Waals surface area contributed by atoms with Crippen LogP contribution in [0.5, 0.6) is 5.75 Å². The average molecular weight is 408 g/mol. The molecule has 0 saturated carbocycles. The Morgan fingerprint density at radius 1 is 1.12 bits per heavy atom. The van der Waals surface area contributed by atoms with E-state index in [1.807, 2.05) is 0 Å². The summed E-state index contributed by atoms with van der Waals surface area (Å²) in [7, 11) is 0. The van der Waals surface area contributed by atoms with Gasteiger partial charge in [-0.1, -0.05) is 0 Å². The maximum atomic E-state index is 12.0. The van der Waals surface area contributed by atoms with Gasteiger partial charge in [0, 0.05) is 5.69 Å². The zero-order chi connectivity index (χ0) is 17.7. The number of halogens is 4. The first-order valence-corrected chi connectivity index (χ1v) is 7.10. The van der Waals surface area contributed by atoms with Crippen LogP contribution in [-0.2, 0) is 9.53 Å². The van der Waals surface area contributed by atoms with E-state index in [4.69, 9.17) is 9.15 Å². The molecule has 24 heavy (non-hydrogen) atoms. The predicted octanol–water partition coefficient (Wildman–Crippen LogP) is 3.74. The van der Waals surface area contributed by atoms with E-state index in [1.165, 1.54) is 24.3 Å². The molecule has 0 radical (unpaired) electrons. The fourth-order valence-electron chi connectivity index (χ4n) is 1.56. The molecule has 0 atom stereocenters. The van der Waals surface area contributed by atoms with Crippen LogP contribution in [0.4, 0.5) is 18.9 Å². The summed E-state index contributed by atoms with van der Waals surface area (Å²) in [6, 6.07) is 7.35. The summed E-state index contributed by atoms with van der Waals surface area (Å²) in [5.74, 6) is -2.00. The Labute approximate surface area is 141 Å². The van der Waals surface area contributed by atoms with Gasteiger partial charge in [0.15, 0.2) is 11.3 Å². The number of anilines is 1. The molecular weight excluding hydrogens is 399 g/mol. The Bertz CT molecular complexity index is 727. The molecule has 2 aromatic rings. The Morgan fingerprint density at radius 3 is 2.33 bits per heavy atom. The van der Waals surface area contributed by atoms with Crippen molar-refractivity contribution in [1.82, 2.24) is 0 Å². The Kier molecular flexibility index (Phi) is 5.50. The van der Waals surface area contributed by atoms with Crippen molar-refractivity contribution in [2.24, 2.45) is 0 Å². The van der Waals surface area contributed by atoms with Gasteiger partial charge in [-0.05, 0) is 52.3 Å². The molecule has 6 nitrogen and oxygen atoms in total. The second-order valence-corrected chi connectivity index (χ2v) is 5.08. The van der Waals surface area contributed by atoms with Crippen molar-refractivity contribution in [1.29, 1.82) is 0 Å². The minimum absolute atomic E-state index is 0.0803. The van der Waals surface area contributed by atoms with Crippen molar-refractivity contribution in [3.63, 3.8) is 0 Å². The van der Waals surface area contributed by atoms with Gasteiger partial charge in [0.25, 0.3) is 5.91 Å². The molecule has 0 aliphatic rings. The third-order valence-corrected chi connectivity index (χ3v) is 2.91. The fraction of sp³-hybridized carbons (Fsp3) is 0.143. The highest BCUT2D eigenvalue weighted by atomic mass is 79.9. The number of rotatable bonds is 5. The number of furan rings is 1. The monoisotopic (exact) mass is 407 g/mol. The number of nitrogens with one attached hydrogen (secondary N) is 1. The molecule has 0 aliphatic heterocycles. The summed E-state index contributed by atoms with van der Waals surface area (Å²) in [5.41, 5.74) is 0.214. The van der Waals surface area contributed by atoms with Crippen LogP contribution in [0.15, 0.2) is 45.5 Å². The zero-order valence-corrected chi connectivity index (χ0v) is 13.3. The molecule has 0 bridgehead atoms. The van der Waals surface area contributed by atoms with Gasteiger partial charge in [-0.2, -0.15) is 0 Å². The van der Waals surface area contributed by atoms with Gasteiger partial charge < -0.3 is 19.2 Å². The van der Waals surface area contributed by atoms with E-state index in [-0.39, 0.29) is 11.4 Å². The smallest absolute Gasteiger partial charge is 0.450 e. The molecule has 1 aromatic carbocycles. The quantitative estimate of drug-likeness (QED) is 0.763. The van der Waals surface area contributed by atoms with Crippen molar-refractivity contribution in [3.8, 4) is 5.75 Å². The zero-order valence-electron chi connectivity index (χ0n) is 11.7. The SMILES string of the molecule is O=C(COC(=O)c1ccc(Br)o1)Nc1ccc(OC(F)(F)F)cc1. The second-order valence-electron chi connectivity index (χ2n) is 4.30. The van der Waals surface area contributed by atoms with Gasteiger partial charge >= 0.3 is 12.3 Å². The second kappa shape index (κ2) is 7.39. The van der Waals surface area contributed by atoms with Crippen molar-refractivity contribution < 1.29 is 36.7 Å². The highest BCUT2D eigenvalue weighted by Crippen LogP contribution is 2.23. The first-order valence-electron chi connectivity index (χ1n) is 6.31. The number of carbonyl (C=O) groups excluding carboxylic acids is 2. The van der Waals surface area contributed by atoms with Crippen LogP contribution in [-0.4, -0.2) is 24.8 Å². The number of amides is 1. The Morgan fingerprint density at radius 2 is 1.79 bits per heavy atom. The molecule has 2 rings (SSSR count). The number of benzene rings is 1. The average Bonchev–Trinajstić information content (AvgIpc) is 2.92. The molecule has 10 heteroatoms. The lowest BCUT2D eigenvalue weighted by atomic mass is 10.3.